The van der Waals surface area contributed by atoms with E-state index < -0.39 is 6.10 Å². The number of furan rings is 1. The average Bonchev–Trinajstić information content (AvgIpc) is 2.93. The van der Waals surface area contributed by atoms with E-state index in [9.17, 15) is 9.59 Å². The number of carbonyl (C=O) groups excluding carboxylic acids is 2. The number of hydrogen-bond acceptors (Lipinski definition) is 4. The van der Waals surface area contributed by atoms with Gasteiger partial charge in [0.25, 0.3) is 0 Å². The molecule has 4 nitrogen and oxygen atoms in total. The van der Waals surface area contributed by atoms with Gasteiger partial charge < -0.3 is 9.15 Å². The standard InChI is InChI=1S/C20H26O4/c1-6-11(2)19(22)24-18-17-12(3)10-23-16(17)9-14-15(21)8-7-13(4)20(14,18)5/h6,10,13-14,18H,7-9H2,1-5H3/t13-,14-,18-,20+/m0/s1. The van der Waals surface area contributed by atoms with Gasteiger partial charge in [0.05, 0.1) is 6.26 Å². The van der Waals surface area contributed by atoms with Crippen LogP contribution in [-0.2, 0) is 20.7 Å². The summed E-state index contributed by atoms with van der Waals surface area (Å²) in [6.07, 6.45) is 5.08. The number of allylic oxidation sites excluding steroid dienone is 1. The Kier molecular flexibility index (Phi) is 4.18. The van der Waals surface area contributed by atoms with E-state index in [1.54, 1.807) is 19.3 Å². The largest absolute Gasteiger partial charge is 0.469 e. The van der Waals surface area contributed by atoms with Gasteiger partial charge in [0.15, 0.2) is 0 Å². The summed E-state index contributed by atoms with van der Waals surface area (Å²) in [5.41, 5.74) is 2.15. The Bertz CT molecular complexity index is 711. The van der Waals surface area contributed by atoms with Crippen molar-refractivity contribution in [2.24, 2.45) is 17.3 Å². The van der Waals surface area contributed by atoms with Crippen molar-refractivity contribution in [1.29, 1.82) is 0 Å². The SMILES string of the molecule is CC=C(C)C(=O)O[C@H]1c2c(C)coc2C[C@H]2C(=O)CC[C@H](C)[C@]21C. The maximum absolute atomic E-state index is 12.6. The normalized spacial score (nSPS) is 33.0. The molecule has 1 heterocycles. The van der Waals surface area contributed by atoms with E-state index in [0.29, 0.717) is 24.3 Å². The molecule has 0 N–H and O–H groups in total. The highest BCUT2D eigenvalue weighted by atomic mass is 16.5. The molecule has 4 heteroatoms. The molecule has 24 heavy (non-hydrogen) atoms. The van der Waals surface area contributed by atoms with Crippen molar-refractivity contribution in [1.82, 2.24) is 0 Å². The molecule has 2 aliphatic carbocycles. The van der Waals surface area contributed by atoms with Gasteiger partial charge in [0, 0.05) is 35.3 Å². The van der Waals surface area contributed by atoms with E-state index in [0.717, 1.165) is 23.3 Å². The Hall–Kier alpha value is -1.84. The molecule has 0 amide bonds. The predicted octanol–water partition coefficient (Wildman–Crippen LogP) is 4.32. The van der Waals surface area contributed by atoms with Crippen molar-refractivity contribution in [2.75, 3.05) is 0 Å². The van der Waals surface area contributed by atoms with Gasteiger partial charge >= 0.3 is 5.97 Å². The quantitative estimate of drug-likeness (QED) is 0.599. The zero-order valence-corrected chi connectivity index (χ0v) is 15.1. The molecule has 0 aliphatic heterocycles. The predicted molar refractivity (Wildman–Crippen MR) is 90.4 cm³/mol. The molecule has 130 valence electrons. The molecule has 0 bridgehead atoms. The molecule has 0 unspecified atom stereocenters. The first kappa shape index (κ1) is 17.0. The topological polar surface area (TPSA) is 56.5 Å². The molecule has 0 aromatic carbocycles. The maximum Gasteiger partial charge on any atom is 0.334 e. The summed E-state index contributed by atoms with van der Waals surface area (Å²) in [4.78, 5) is 25.1. The molecule has 0 radical (unpaired) electrons. The third kappa shape index (κ3) is 2.35. The molecule has 0 saturated heterocycles. The third-order valence-electron chi connectivity index (χ3n) is 6.32. The van der Waals surface area contributed by atoms with Crippen LogP contribution in [0.25, 0.3) is 0 Å². The molecule has 3 rings (SSSR count). The minimum Gasteiger partial charge on any atom is -0.469 e. The summed E-state index contributed by atoms with van der Waals surface area (Å²) in [6.45, 7) is 9.83. The summed E-state index contributed by atoms with van der Waals surface area (Å²) in [7, 11) is 0. The van der Waals surface area contributed by atoms with Gasteiger partial charge in [-0.1, -0.05) is 19.9 Å². The molecule has 1 aromatic rings. The molecular formula is C20H26O4. The summed E-state index contributed by atoms with van der Waals surface area (Å²) >= 11 is 0. The van der Waals surface area contributed by atoms with Crippen molar-refractivity contribution < 1.29 is 18.7 Å². The lowest BCUT2D eigenvalue weighted by atomic mass is 9.54. The van der Waals surface area contributed by atoms with Crippen molar-refractivity contribution in [3.63, 3.8) is 0 Å². The van der Waals surface area contributed by atoms with Gasteiger partial charge in [0.1, 0.15) is 17.6 Å². The van der Waals surface area contributed by atoms with E-state index in [4.69, 9.17) is 9.15 Å². The first-order valence-corrected chi connectivity index (χ1v) is 8.74. The van der Waals surface area contributed by atoms with Crippen molar-refractivity contribution in [3.8, 4) is 0 Å². The Labute approximate surface area is 143 Å². The van der Waals surface area contributed by atoms with E-state index in [1.807, 2.05) is 13.8 Å². The van der Waals surface area contributed by atoms with Crippen LogP contribution in [0, 0.1) is 24.2 Å². The first-order valence-electron chi connectivity index (χ1n) is 8.74. The second-order valence-corrected chi connectivity index (χ2v) is 7.54. The Balaban J connectivity index is 2.11. The molecule has 4 atom stereocenters. The van der Waals surface area contributed by atoms with Crippen LogP contribution in [0.2, 0.25) is 0 Å². The van der Waals surface area contributed by atoms with Crippen LogP contribution in [0.3, 0.4) is 0 Å². The number of carbonyl (C=O) groups is 2. The van der Waals surface area contributed by atoms with Gasteiger partial charge in [-0.15, -0.1) is 0 Å². The second kappa shape index (κ2) is 5.91. The van der Waals surface area contributed by atoms with Gasteiger partial charge in [0.2, 0.25) is 0 Å². The van der Waals surface area contributed by atoms with Crippen molar-refractivity contribution in [3.05, 3.63) is 34.8 Å². The minimum atomic E-state index is -0.438. The number of esters is 1. The second-order valence-electron chi connectivity index (χ2n) is 7.54. The Morgan fingerprint density at radius 3 is 2.83 bits per heavy atom. The zero-order chi connectivity index (χ0) is 17.6. The molecule has 0 spiro atoms. The van der Waals surface area contributed by atoms with Crippen LogP contribution in [0.15, 0.2) is 22.3 Å². The number of aryl methyl sites for hydroxylation is 1. The van der Waals surface area contributed by atoms with Crippen LogP contribution >= 0.6 is 0 Å². The van der Waals surface area contributed by atoms with Gasteiger partial charge in [-0.2, -0.15) is 0 Å². The highest BCUT2D eigenvalue weighted by Gasteiger charge is 2.57. The molecule has 1 fully saturated rings. The van der Waals surface area contributed by atoms with E-state index in [2.05, 4.69) is 13.8 Å². The monoisotopic (exact) mass is 330 g/mol. The zero-order valence-electron chi connectivity index (χ0n) is 15.1. The Morgan fingerprint density at radius 1 is 1.46 bits per heavy atom. The summed E-state index contributed by atoms with van der Waals surface area (Å²) < 4.78 is 11.7. The van der Waals surface area contributed by atoms with Gasteiger partial charge in [-0.3, -0.25) is 4.79 Å². The number of hydrogen-bond donors (Lipinski definition) is 0. The van der Waals surface area contributed by atoms with E-state index >= 15 is 0 Å². The average molecular weight is 330 g/mol. The molecular weight excluding hydrogens is 304 g/mol. The van der Waals surface area contributed by atoms with Crippen molar-refractivity contribution >= 4 is 11.8 Å². The lowest BCUT2D eigenvalue weighted by Crippen LogP contribution is -2.51. The summed E-state index contributed by atoms with van der Waals surface area (Å²) in [5.74, 6) is 0.892. The summed E-state index contributed by atoms with van der Waals surface area (Å²) in [6, 6.07) is 0. The fourth-order valence-electron chi connectivity index (χ4n) is 4.33. The minimum absolute atomic E-state index is 0.150. The number of rotatable bonds is 2. The fraction of sp³-hybridized carbons (Fsp3) is 0.600. The van der Waals surface area contributed by atoms with Crippen LogP contribution in [0.5, 0.6) is 0 Å². The van der Waals surface area contributed by atoms with Gasteiger partial charge in [-0.05, 0) is 38.7 Å². The third-order valence-corrected chi connectivity index (χ3v) is 6.32. The number of ether oxygens (including phenoxy) is 1. The fourth-order valence-corrected chi connectivity index (χ4v) is 4.33. The number of Topliss-reactive ketones (excluding diaryl/α,β-unsaturated/α-hetero) is 1. The van der Waals surface area contributed by atoms with Crippen molar-refractivity contribution in [2.45, 2.75) is 60.0 Å². The maximum atomic E-state index is 12.6. The highest BCUT2D eigenvalue weighted by molar-refractivity contribution is 5.88. The van der Waals surface area contributed by atoms with E-state index in [1.165, 1.54) is 0 Å². The summed E-state index contributed by atoms with van der Waals surface area (Å²) in [5, 5.41) is 0. The smallest absolute Gasteiger partial charge is 0.334 e. The van der Waals surface area contributed by atoms with E-state index in [-0.39, 0.29) is 23.1 Å². The Morgan fingerprint density at radius 2 is 2.17 bits per heavy atom. The van der Waals surface area contributed by atoms with Crippen LogP contribution in [0.1, 0.15) is 63.5 Å². The number of ketones is 1. The molecule has 2 aliphatic rings. The molecule has 1 aromatic heterocycles. The van der Waals surface area contributed by atoms with Gasteiger partial charge in [-0.25, -0.2) is 4.79 Å². The highest BCUT2D eigenvalue weighted by Crippen LogP contribution is 2.58. The molecule has 1 saturated carbocycles. The van der Waals surface area contributed by atoms with Crippen LogP contribution < -0.4 is 0 Å². The first-order chi connectivity index (χ1) is 11.3. The number of fused-ring (bicyclic) bond motifs is 2. The van der Waals surface area contributed by atoms with Crippen LogP contribution in [0.4, 0.5) is 0 Å². The lowest BCUT2D eigenvalue weighted by molar-refractivity contribution is -0.169. The van der Waals surface area contributed by atoms with Crippen LogP contribution in [-0.4, -0.2) is 11.8 Å². The lowest BCUT2D eigenvalue weighted by Gasteiger charge is -2.51.